The first kappa shape index (κ1) is 11.0. The lowest BCUT2D eigenvalue weighted by molar-refractivity contribution is 0.532. The number of hydrogen-bond acceptors (Lipinski definition) is 3. The van der Waals surface area contributed by atoms with Crippen LogP contribution in [0.5, 0.6) is 0 Å². The van der Waals surface area contributed by atoms with Crippen molar-refractivity contribution in [1.82, 2.24) is 9.78 Å². The van der Waals surface area contributed by atoms with Crippen LogP contribution in [0.25, 0.3) is 0 Å². The van der Waals surface area contributed by atoms with Gasteiger partial charge in [0.2, 0.25) is 0 Å². The number of para-hydroxylation sites is 2. The van der Waals surface area contributed by atoms with Crippen LogP contribution in [-0.2, 0) is 0 Å². The average molecular weight is 240 g/mol. The lowest BCUT2D eigenvalue weighted by atomic mass is 10.2. The van der Waals surface area contributed by atoms with Crippen LogP contribution < -0.4 is 4.90 Å². The fraction of sp³-hybridized carbons (Fsp3) is 0.286. The van der Waals surface area contributed by atoms with Gasteiger partial charge in [0.1, 0.15) is 0 Å². The molecule has 0 N–H and O–H groups in total. The van der Waals surface area contributed by atoms with Crippen LogP contribution in [0.2, 0.25) is 0 Å². The van der Waals surface area contributed by atoms with Gasteiger partial charge in [-0.2, -0.15) is 5.10 Å². The maximum absolute atomic E-state index is 4.42. The summed E-state index contributed by atoms with van der Waals surface area (Å²) in [6.45, 7) is 5.05. The van der Waals surface area contributed by atoms with Gasteiger partial charge in [0.05, 0.1) is 29.8 Å². The number of anilines is 2. The van der Waals surface area contributed by atoms with Gasteiger partial charge in [0, 0.05) is 18.5 Å². The van der Waals surface area contributed by atoms with Gasteiger partial charge in [0.15, 0.2) is 0 Å². The Hall–Kier alpha value is -2.10. The van der Waals surface area contributed by atoms with Crippen molar-refractivity contribution in [3.05, 3.63) is 36.7 Å². The Bertz CT molecular complexity index is 583. The first-order valence-electron chi connectivity index (χ1n) is 6.19. The fourth-order valence-electron chi connectivity index (χ4n) is 2.12. The summed E-state index contributed by atoms with van der Waals surface area (Å²) in [6.07, 6.45) is 5.94. The Morgan fingerprint density at radius 3 is 2.83 bits per heavy atom. The van der Waals surface area contributed by atoms with E-state index in [1.165, 1.54) is 0 Å². The maximum Gasteiger partial charge on any atom is 0.0863 e. The quantitative estimate of drug-likeness (QED) is 0.806. The third-order valence-electron chi connectivity index (χ3n) is 3.10. The van der Waals surface area contributed by atoms with Crippen LogP contribution in [0.1, 0.15) is 19.9 Å². The highest BCUT2D eigenvalue weighted by Gasteiger charge is 2.17. The summed E-state index contributed by atoms with van der Waals surface area (Å²) < 4.78 is 1.98. The minimum Gasteiger partial charge on any atom is -0.332 e. The summed E-state index contributed by atoms with van der Waals surface area (Å²) in [5.41, 5.74) is 3.27. The second-order valence-electron chi connectivity index (χ2n) is 4.68. The highest BCUT2D eigenvalue weighted by atomic mass is 15.3. The van der Waals surface area contributed by atoms with E-state index in [1.807, 2.05) is 35.3 Å². The van der Waals surface area contributed by atoms with Gasteiger partial charge in [-0.05, 0) is 26.0 Å². The number of nitrogens with zero attached hydrogens (tertiary/aromatic N) is 4. The molecule has 0 saturated heterocycles. The second kappa shape index (κ2) is 4.29. The summed E-state index contributed by atoms with van der Waals surface area (Å²) in [6, 6.07) is 8.56. The van der Waals surface area contributed by atoms with Gasteiger partial charge in [-0.3, -0.25) is 9.67 Å². The van der Waals surface area contributed by atoms with Gasteiger partial charge in [0.25, 0.3) is 0 Å². The van der Waals surface area contributed by atoms with Crippen LogP contribution >= 0.6 is 0 Å². The highest BCUT2D eigenvalue weighted by Crippen LogP contribution is 2.35. The largest absolute Gasteiger partial charge is 0.332 e. The predicted molar refractivity (Wildman–Crippen MR) is 74.2 cm³/mol. The van der Waals surface area contributed by atoms with Crippen molar-refractivity contribution in [2.75, 3.05) is 11.4 Å². The molecule has 0 fully saturated rings. The van der Waals surface area contributed by atoms with Crippen molar-refractivity contribution in [2.45, 2.75) is 19.9 Å². The molecule has 0 unspecified atom stereocenters. The molecule has 2 heterocycles. The van der Waals surface area contributed by atoms with Gasteiger partial charge in [-0.1, -0.05) is 12.1 Å². The van der Waals surface area contributed by atoms with Crippen LogP contribution in [0.3, 0.4) is 0 Å². The molecule has 0 amide bonds. The van der Waals surface area contributed by atoms with Gasteiger partial charge >= 0.3 is 0 Å². The Morgan fingerprint density at radius 2 is 2.06 bits per heavy atom. The zero-order valence-corrected chi connectivity index (χ0v) is 10.6. The lowest BCUT2D eigenvalue weighted by Crippen LogP contribution is -2.21. The molecule has 18 heavy (non-hydrogen) atoms. The van der Waals surface area contributed by atoms with Crippen molar-refractivity contribution in [3.63, 3.8) is 0 Å². The highest BCUT2D eigenvalue weighted by molar-refractivity contribution is 5.86. The number of benzene rings is 1. The average Bonchev–Trinajstić information content (AvgIpc) is 2.87. The SMILES string of the molecule is CC(C)n1cc(N2CC=Nc3ccccc32)cn1. The normalized spacial score (nSPS) is 14.1. The Morgan fingerprint density at radius 1 is 1.22 bits per heavy atom. The third-order valence-corrected chi connectivity index (χ3v) is 3.10. The molecule has 4 nitrogen and oxygen atoms in total. The molecule has 92 valence electrons. The van der Waals surface area contributed by atoms with Gasteiger partial charge in [-0.15, -0.1) is 0 Å². The Labute approximate surface area is 107 Å². The summed E-state index contributed by atoms with van der Waals surface area (Å²) in [5, 5.41) is 4.39. The van der Waals surface area contributed by atoms with Crippen LogP contribution in [-0.4, -0.2) is 22.5 Å². The number of hydrogen-bond donors (Lipinski definition) is 0. The van der Waals surface area contributed by atoms with E-state index < -0.39 is 0 Å². The Balaban J connectivity index is 2.00. The zero-order chi connectivity index (χ0) is 12.5. The smallest absolute Gasteiger partial charge is 0.0863 e. The van der Waals surface area contributed by atoms with Crippen LogP contribution in [0, 0.1) is 0 Å². The molecular formula is C14H16N4. The monoisotopic (exact) mass is 240 g/mol. The van der Waals surface area contributed by atoms with Crippen molar-refractivity contribution < 1.29 is 0 Å². The van der Waals surface area contributed by atoms with E-state index >= 15 is 0 Å². The molecule has 1 aliphatic heterocycles. The van der Waals surface area contributed by atoms with Crippen molar-refractivity contribution in [1.29, 1.82) is 0 Å². The molecule has 0 atom stereocenters. The first-order chi connectivity index (χ1) is 8.75. The summed E-state index contributed by atoms with van der Waals surface area (Å²) in [7, 11) is 0. The predicted octanol–water partition coefficient (Wildman–Crippen LogP) is 3.32. The second-order valence-corrected chi connectivity index (χ2v) is 4.68. The van der Waals surface area contributed by atoms with E-state index in [4.69, 9.17) is 0 Å². The van der Waals surface area contributed by atoms with E-state index in [9.17, 15) is 0 Å². The first-order valence-corrected chi connectivity index (χ1v) is 6.19. The molecule has 0 aliphatic carbocycles. The van der Waals surface area contributed by atoms with E-state index in [-0.39, 0.29) is 0 Å². The molecule has 1 aliphatic rings. The van der Waals surface area contributed by atoms with Crippen molar-refractivity contribution in [2.24, 2.45) is 4.99 Å². The standard InChI is InChI=1S/C14H16N4/c1-11(2)18-10-12(9-16-18)17-8-7-15-13-5-3-4-6-14(13)17/h3-7,9-11H,8H2,1-2H3. The molecule has 3 rings (SSSR count). The number of rotatable bonds is 2. The molecular weight excluding hydrogens is 224 g/mol. The van der Waals surface area contributed by atoms with Crippen LogP contribution in [0.15, 0.2) is 41.7 Å². The molecule has 1 aromatic heterocycles. The third kappa shape index (κ3) is 1.79. The lowest BCUT2D eigenvalue weighted by Gasteiger charge is -2.25. The number of aliphatic imine (C=N–C) groups is 1. The fourth-order valence-corrected chi connectivity index (χ4v) is 2.12. The summed E-state index contributed by atoms with van der Waals surface area (Å²) in [4.78, 5) is 6.65. The molecule has 1 aromatic carbocycles. The number of aromatic nitrogens is 2. The molecule has 4 heteroatoms. The minimum absolute atomic E-state index is 0.382. The minimum atomic E-state index is 0.382. The zero-order valence-electron chi connectivity index (χ0n) is 10.6. The molecule has 0 bridgehead atoms. The van der Waals surface area contributed by atoms with Crippen molar-refractivity contribution in [3.8, 4) is 0 Å². The molecule has 0 spiro atoms. The maximum atomic E-state index is 4.42. The summed E-state index contributed by atoms with van der Waals surface area (Å²) in [5.74, 6) is 0. The van der Waals surface area contributed by atoms with E-state index in [1.54, 1.807) is 0 Å². The molecule has 0 saturated carbocycles. The van der Waals surface area contributed by atoms with Gasteiger partial charge < -0.3 is 4.90 Å². The van der Waals surface area contributed by atoms with E-state index in [0.29, 0.717) is 6.04 Å². The van der Waals surface area contributed by atoms with Crippen LogP contribution in [0.4, 0.5) is 17.1 Å². The topological polar surface area (TPSA) is 33.4 Å². The van der Waals surface area contributed by atoms with E-state index in [0.717, 1.165) is 23.6 Å². The summed E-state index contributed by atoms with van der Waals surface area (Å²) >= 11 is 0. The van der Waals surface area contributed by atoms with E-state index in [2.05, 4.69) is 41.1 Å². The van der Waals surface area contributed by atoms with Gasteiger partial charge in [-0.25, -0.2) is 0 Å². The molecule has 2 aromatic rings. The van der Waals surface area contributed by atoms with Crippen molar-refractivity contribution >= 4 is 23.3 Å². The Kier molecular flexibility index (Phi) is 2.63. The number of fused-ring (bicyclic) bond motifs is 1. The molecule has 0 radical (unpaired) electrons.